The average Bonchev–Trinajstić information content (AvgIpc) is 2.96. The molecule has 0 saturated carbocycles. The molecule has 0 radical (unpaired) electrons. The van der Waals surface area contributed by atoms with E-state index < -0.39 is 15.6 Å². The Balaban J connectivity index is 1.99. The number of hydrogen-bond donors (Lipinski definition) is 1. The summed E-state index contributed by atoms with van der Waals surface area (Å²) in [6, 6.07) is 12.8. The molecule has 0 amide bonds. The Morgan fingerprint density at radius 3 is 2.41 bits per heavy atom. The van der Waals surface area contributed by atoms with Gasteiger partial charge in [0.2, 0.25) is 10.0 Å². The van der Waals surface area contributed by atoms with Gasteiger partial charge in [0.05, 0.1) is 4.90 Å². The zero-order valence-corrected chi connectivity index (χ0v) is 16.8. The van der Waals surface area contributed by atoms with Crippen molar-refractivity contribution in [2.45, 2.75) is 50.6 Å². The lowest BCUT2D eigenvalue weighted by molar-refractivity contribution is 0.198. The zero-order valence-electron chi connectivity index (χ0n) is 16.0. The Labute approximate surface area is 160 Å². The number of nitrogens with one attached hydrogen (secondary N) is 1. The molecule has 0 spiro atoms. The number of H-pyrrole nitrogens is 1. The van der Waals surface area contributed by atoms with Crippen molar-refractivity contribution >= 4 is 20.9 Å². The van der Waals surface area contributed by atoms with Crippen LogP contribution in [0.2, 0.25) is 0 Å². The number of aromatic nitrogens is 1. The maximum Gasteiger partial charge on any atom is 0.243 e. The predicted molar refractivity (Wildman–Crippen MR) is 107 cm³/mol. The molecule has 0 bridgehead atoms. The fourth-order valence-electron chi connectivity index (χ4n) is 3.69. The molecule has 1 atom stereocenters. The maximum absolute atomic E-state index is 13.7. The van der Waals surface area contributed by atoms with Gasteiger partial charge in [-0.2, -0.15) is 4.31 Å². The highest BCUT2D eigenvalue weighted by atomic mass is 32.2. The minimum Gasteiger partial charge on any atom is -0.361 e. The maximum atomic E-state index is 13.7. The van der Waals surface area contributed by atoms with E-state index in [0.717, 1.165) is 16.5 Å². The van der Waals surface area contributed by atoms with Crippen molar-refractivity contribution in [1.82, 2.24) is 9.29 Å². The molecule has 6 heteroatoms. The predicted octanol–water partition coefficient (Wildman–Crippen LogP) is 4.73. The number of benzene rings is 2. The van der Waals surface area contributed by atoms with Crippen molar-refractivity contribution < 1.29 is 12.8 Å². The molecular weight excluding hydrogens is 363 g/mol. The number of aromatic amines is 1. The fraction of sp³-hybridized carbons (Fsp3) is 0.333. The molecule has 1 unspecified atom stereocenters. The molecule has 3 rings (SSSR count). The third kappa shape index (κ3) is 3.92. The topological polar surface area (TPSA) is 53.2 Å². The average molecular weight is 389 g/mol. The summed E-state index contributed by atoms with van der Waals surface area (Å²) in [4.78, 5) is 3.41. The molecule has 3 aromatic rings. The number of hydrogen-bond acceptors (Lipinski definition) is 2. The number of nitrogens with zero attached hydrogens (tertiary/aromatic N) is 1. The van der Waals surface area contributed by atoms with Crippen LogP contribution in [0.4, 0.5) is 4.39 Å². The molecule has 1 N–H and O–H groups in total. The normalized spacial score (nSPS) is 14.0. The second-order valence-electron chi connectivity index (χ2n) is 7.84. The van der Waals surface area contributed by atoms with Gasteiger partial charge in [0, 0.05) is 28.7 Å². The van der Waals surface area contributed by atoms with Crippen LogP contribution in [-0.2, 0) is 16.4 Å². The summed E-state index contributed by atoms with van der Waals surface area (Å²) in [5.74, 6) is -0.305. The van der Waals surface area contributed by atoms with Crippen LogP contribution in [0.15, 0.2) is 59.6 Å². The van der Waals surface area contributed by atoms with Gasteiger partial charge in [0.15, 0.2) is 0 Å². The molecule has 0 fully saturated rings. The fourth-order valence-corrected chi connectivity index (χ4v) is 5.68. The van der Waals surface area contributed by atoms with Gasteiger partial charge >= 0.3 is 0 Å². The van der Waals surface area contributed by atoms with Crippen molar-refractivity contribution in [3.05, 3.63) is 66.1 Å². The summed E-state index contributed by atoms with van der Waals surface area (Å²) in [5, 5.41) is 0.785. The van der Waals surface area contributed by atoms with Crippen molar-refractivity contribution in [3.8, 4) is 0 Å². The molecule has 0 aliphatic heterocycles. The summed E-state index contributed by atoms with van der Waals surface area (Å²) in [7, 11) is -3.67. The van der Waals surface area contributed by atoms with Crippen LogP contribution in [0.25, 0.3) is 10.9 Å². The zero-order chi connectivity index (χ0) is 19.8. The minimum absolute atomic E-state index is 0.275. The first-order valence-electron chi connectivity index (χ1n) is 8.96. The number of fused-ring (bicyclic) bond motifs is 1. The summed E-state index contributed by atoms with van der Waals surface area (Å²) in [6.07, 6.45) is 2.31. The van der Waals surface area contributed by atoms with Crippen molar-refractivity contribution in [2.75, 3.05) is 0 Å². The lowest BCUT2D eigenvalue weighted by Gasteiger charge is -2.39. The Bertz CT molecular complexity index is 1040. The van der Waals surface area contributed by atoms with Crippen LogP contribution >= 0.6 is 0 Å². The van der Waals surface area contributed by atoms with E-state index in [1.54, 1.807) is 40.7 Å². The second kappa shape index (κ2) is 7.09. The summed E-state index contributed by atoms with van der Waals surface area (Å²) >= 11 is 0. The molecule has 0 aliphatic carbocycles. The molecule has 1 aromatic heterocycles. The highest BCUT2D eigenvalue weighted by Gasteiger charge is 2.37. The van der Waals surface area contributed by atoms with Gasteiger partial charge in [-0.05, 0) is 70.0 Å². The van der Waals surface area contributed by atoms with Crippen molar-refractivity contribution in [3.63, 3.8) is 0 Å². The first-order chi connectivity index (χ1) is 12.6. The molecule has 0 aliphatic rings. The van der Waals surface area contributed by atoms with Gasteiger partial charge in [0.1, 0.15) is 5.82 Å². The van der Waals surface area contributed by atoms with Gasteiger partial charge in [-0.1, -0.05) is 18.2 Å². The van der Waals surface area contributed by atoms with Crippen LogP contribution in [-0.4, -0.2) is 29.3 Å². The van der Waals surface area contributed by atoms with Crippen molar-refractivity contribution in [1.29, 1.82) is 0 Å². The van der Waals surface area contributed by atoms with E-state index in [-0.39, 0.29) is 16.8 Å². The third-order valence-corrected chi connectivity index (χ3v) is 6.90. The summed E-state index contributed by atoms with van der Waals surface area (Å²) in [5.41, 5.74) is 1.13. The van der Waals surface area contributed by atoms with E-state index in [4.69, 9.17) is 0 Å². The van der Waals surface area contributed by atoms with Gasteiger partial charge in [-0.15, -0.1) is 0 Å². The molecule has 0 saturated heterocycles. The molecule has 1 heterocycles. The lowest BCUT2D eigenvalue weighted by Crippen LogP contribution is -2.51. The summed E-state index contributed by atoms with van der Waals surface area (Å²) in [6.45, 7) is 7.56. The van der Waals surface area contributed by atoms with Gasteiger partial charge < -0.3 is 4.98 Å². The van der Waals surface area contributed by atoms with Crippen molar-refractivity contribution in [2.24, 2.45) is 0 Å². The van der Waals surface area contributed by atoms with E-state index in [1.807, 2.05) is 33.9 Å². The van der Waals surface area contributed by atoms with E-state index in [2.05, 4.69) is 4.98 Å². The Morgan fingerprint density at radius 1 is 1.11 bits per heavy atom. The molecule has 2 aromatic carbocycles. The monoisotopic (exact) mass is 388 g/mol. The number of halogens is 1. The summed E-state index contributed by atoms with van der Waals surface area (Å²) < 4.78 is 41.9. The number of rotatable bonds is 5. The highest BCUT2D eigenvalue weighted by Crippen LogP contribution is 2.30. The van der Waals surface area contributed by atoms with Crippen LogP contribution in [0.5, 0.6) is 0 Å². The van der Waals surface area contributed by atoms with Crippen LogP contribution < -0.4 is 0 Å². The molecule has 4 nitrogen and oxygen atoms in total. The molecular formula is C21H25FN2O2S. The lowest BCUT2D eigenvalue weighted by atomic mass is 10.0. The third-order valence-electron chi connectivity index (χ3n) is 4.61. The van der Waals surface area contributed by atoms with E-state index in [9.17, 15) is 12.8 Å². The highest BCUT2D eigenvalue weighted by molar-refractivity contribution is 7.89. The quantitative estimate of drug-likeness (QED) is 0.687. The van der Waals surface area contributed by atoms with E-state index in [0.29, 0.717) is 6.42 Å². The minimum atomic E-state index is -3.67. The van der Waals surface area contributed by atoms with Gasteiger partial charge in [-0.25, -0.2) is 12.8 Å². The Hall–Kier alpha value is -2.18. The van der Waals surface area contributed by atoms with E-state index >= 15 is 0 Å². The Kier molecular flexibility index (Phi) is 5.14. The Morgan fingerprint density at radius 2 is 1.78 bits per heavy atom. The SMILES string of the molecule is CC(Cc1c[nH]c2ccc(F)cc12)N(C(C)(C)C)S(=O)(=O)c1ccccc1. The molecule has 27 heavy (non-hydrogen) atoms. The second-order valence-corrected chi connectivity index (χ2v) is 9.66. The smallest absolute Gasteiger partial charge is 0.243 e. The number of sulfonamides is 1. The van der Waals surface area contributed by atoms with Crippen LogP contribution in [0.1, 0.15) is 33.3 Å². The van der Waals surface area contributed by atoms with Gasteiger partial charge in [-0.3, -0.25) is 0 Å². The standard InChI is InChI=1S/C21H25FN2O2S/c1-15(12-16-14-23-20-11-10-17(22)13-19(16)20)24(21(2,3)4)27(25,26)18-8-6-5-7-9-18/h5-11,13-15,23H,12H2,1-4H3. The van der Waals surface area contributed by atoms with Crippen LogP contribution in [0.3, 0.4) is 0 Å². The molecule has 144 valence electrons. The largest absolute Gasteiger partial charge is 0.361 e. The van der Waals surface area contributed by atoms with Gasteiger partial charge in [0.25, 0.3) is 0 Å². The first-order valence-corrected chi connectivity index (χ1v) is 10.4. The first kappa shape index (κ1) is 19.6. The van der Waals surface area contributed by atoms with E-state index in [1.165, 1.54) is 12.1 Å². The van der Waals surface area contributed by atoms with Crippen LogP contribution in [0, 0.1) is 5.82 Å².